The Labute approximate surface area is 254 Å². The molecule has 4 N–H and O–H groups in total. The number of rotatable bonds is 0. The second-order valence-corrected chi connectivity index (χ2v) is 10.4. The number of aliphatic hydroxyl groups excluding tert-OH is 2. The first-order chi connectivity index (χ1) is 17.6. The summed E-state index contributed by atoms with van der Waals surface area (Å²) in [6.45, 7) is 52.0. The molecule has 0 saturated carbocycles. The summed E-state index contributed by atoms with van der Waals surface area (Å²) in [5.74, 6) is 0. The summed E-state index contributed by atoms with van der Waals surface area (Å²) >= 11 is 0. The third kappa shape index (κ3) is 153. The Morgan fingerprint density at radius 1 is 0.333 bits per heavy atom. The van der Waals surface area contributed by atoms with Crippen LogP contribution in [-0.4, -0.2) is 44.8 Å². The molecule has 0 radical (unpaired) electrons. The van der Waals surface area contributed by atoms with Crippen LogP contribution in [-0.2, 0) is 0 Å². The van der Waals surface area contributed by atoms with Gasteiger partial charge in [-0.1, -0.05) is 158 Å². The van der Waals surface area contributed by atoms with E-state index in [1.807, 2.05) is 125 Å². The van der Waals surface area contributed by atoms with Crippen LogP contribution in [0.4, 0.5) is 0 Å². The molecule has 0 aliphatic heterocycles. The minimum Gasteiger partial charge on any atom is -0.397 e. The van der Waals surface area contributed by atoms with Crippen molar-refractivity contribution >= 4 is 0 Å². The van der Waals surface area contributed by atoms with Gasteiger partial charge in [-0.15, -0.1) is 0 Å². The van der Waals surface area contributed by atoms with E-state index in [9.17, 15) is 10.2 Å². The summed E-state index contributed by atoms with van der Waals surface area (Å²) in [6.07, 6.45) is 3.75. The number of aliphatic hydroxyl groups is 4. The first-order valence-electron chi connectivity index (χ1n) is 16.2. The summed E-state index contributed by atoms with van der Waals surface area (Å²) < 4.78 is 0. The molecular weight excluding hydrogens is 484 g/mol. The molecule has 4 heteroatoms. The summed E-state index contributed by atoms with van der Waals surface area (Å²) in [5, 5.41) is 33.8. The fraction of sp³-hybridized carbons (Fsp3) is 1.00. The van der Waals surface area contributed by atoms with Gasteiger partial charge in [0.1, 0.15) is 0 Å². The second kappa shape index (κ2) is 61.7. The summed E-state index contributed by atoms with van der Waals surface area (Å²) in [7, 11) is 0. The van der Waals surface area contributed by atoms with Gasteiger partial charge in [0.15, 0.2) is 0 Å². The van der Waals surface area contributed by atoms with E-state index in [4.69, 9.17) is 10.2 Å². The molecule has 0 aliphatic carbocycles. The topological polar surface area (TPSA) is 80.9 Å². The number of hydrogen-bond acceptors (Lipinski definition) is 4. The molecule has 0 aromatic heterocycles. The molecule has 0 aromatic rings. The van der Waals surface area contributed by atoms with Gasteiger partial charge in [-0.25, -0.2) is 0 Å². The average Bonchev–Trinajstić information content (AvgIpc) is 2.80. The van der Waals surface area contributed by atoms with Crippen LogP contribution >= 0.6 is 0 Å². The molecule has 0 heterocycles. The van der Waals surface area contributed by atoms with Gasteiger partial charge in [0.2, 0.25) is 0 Å². The molecule has 0 bridgehead atoms. The van der Waals surface area contributed by atoms with E-state index in [0.29, 0.717) is 0 Å². The fourth-order valence-electron chi connectivity index (χ4n) is 0. The van der Waals surface area contributed by atoms with Crippen LogP contribution in [0.2, 0.25) is 0 Å². The zero-order valence-corrected chi connectivity index (χ0v) is 33.3. The van der Waals surface area contributed by atoms with Crippen molar-refractivity contribution in [2.75, 3.05) is 13.2 Å². The van der Waals surface area contributed by atoms with Crippen molar-refractivity contribution in [1.29, 1.82) is 0 Å². The molecule has 0 atom stereocenters. The fourth-order valence-corrected chi connectivity index (χ4v) is 0. The third-order valence-corrected chi connectivity index (χ3v) is 3.67. The minimum absolute atomic E-state index is 0.00694. The molecule has 0 unspecified atom stereocenters. The maximum absolute atomic E-state index is 9.35. The van der Waals surface area contributed by atoms with Gasteiger partial charge < -0.3 is 20.4 Å². The molecule has 4 nitrogen and oxygen atoms in total. The Morgan fingerprint density at radius 2 is 0.359 bits per heavy atom. The van der Waals surface area contributed by atoms with Crippen LogP contribution in [0.25, 0.3) is 0 Å². The van der Waals surface area contributed by atoms with E-state index >= 15 is 0 Å². The Kier molecular flexibility index (Phi) is 114. The van der Waals surface area contributed by atoms with Crippen molar-refractivity contribution in [3.8, 4) is 0 Å². The van der Waals surface area contributed by atoms with E-state index in [1.165, 1.54) is 19.3 Å². The van der Waals surface area contributed by atoms with Gasteiger partial charge in [0.05, 0.1) is 11.2 Å². The van der Waals surface area contributed by atoms with Crippen LogP contribution in [0.15, 0.2) is 0 Å². The summed E-state index contributed by atoms with van der Waals surface area (Å²) in [6, 6.07) is 0. The Bertz CT molecular complexity index is 203. The van der Waals surface area contributed by atoms with E-state index in [1.54, 1.807) is 13.8 Å². The molecule has 0 spiro atoms. The van der Waals surface area contributed by atoms with Gasteiger partial charge in [-0.2, -0.15) is 0 Å². The van der Waals surface area contributed by atoms with E-state index in [-0.39, 0.29) is 24.0 Å². The van der Waals surface area contributed by atoms with Gasteiger partial charge in [-0.05, 0) is 52.4 Å². The maximum Gasteiger partial charge on any atom is 0.0639 e. The first kappa shape index (κ1) is 71.8. The highest BCUT2D eigenvalue weighted by Crippen LogP contribution is 2.29. The maximum atomic E-state index is 9.35. The second-order valence-electron chi connectivity index (χ2n) is 10.4. The Morgan fingerprint density at radius 3 is 0.359 bits per heavy atom. The number of hydrogen-bond donors (Lipinski definition) is 4. The van der Waals surface area contributed by atoms with E-state index in [2.05, 4.69) is 41.5 Å². The highest BCUT2D eigenvalue weighted by atomic mass is 16.3. The highest BCUT2D eigenvalue weighted by molar-refractivity contribution is 4.81. The van der Waals surface area contributed by atoms with Crippen LogP contribution in [0.3, 0.4) is 0 Å². The van der Waals surface area contributed by atoms with Crippen LogP contribution in [0.1, 0.15) is 199 Å². The summed E-state index contributed by atoms with van der Waals surface area (Å²) in [4.78, 5) is 0. The zero-order valence-electron chi connectivity index (χ0n) is 33.3. The molecule has 39 heavy (non-hydrogen) atoms. The van der Waals surface area contributed by atoms with Crippen molar-refractivity contribution in [1.82, 2.24) is 0 Å². The lowest BCUT2D eigenvalue weighted by Crippen LogP contribution is -2.35. The molecule has 0 saturated heterocycles. The molecule has 0 aromatic carbocycles. The first-order valence-corrected chi connectivity index (χ1v) is 16.2. The lowest BCUT2D eigenvalue weighted by atomic mass is 9.79. The lowest BCUT2D eigenvalue weighted by Gasteiger charge is -2.33. The predicted molar refractivity (Wildman–Crippen MR) is 190 cm³/mol. The quantitative estimate of drug-likeness (QED) is 0.231. The molecule has 256 valence electrons. The van der Waals surface area contributed by atoms with Crippen LogP contribution < -0.4 is 0 Å². The van der Waals surface area contributed by atoms with Gasteiger partial charge in [0, 0.05) is 13.2 Å². The van der Waals surface area contributed by atoms with Gasteiger partial charge >= 0.3 is 0 Å². The van der Waals surface area contributed by atoms with Gasteiger partial charge in [0.25, 0.3) is 0 Å². The summed E-state index contributed by atoms with van der Waals surface area (Å²) in [5.41, 5.74) is -1.14. The normalized spacial score (nSPS) is 8.77. The smallest absolute Gasteiger partial charge is 0.0639 e. The van der Waals surface area contributed by atoms with Gasteiger partial charge in [-0.3, -0.25) is 0 Å². The van der Waals surface area contributed by atoms with Crippen molar-refractivity contribution in [3.63, 3.8) is 0 Å². The molecule has 0 fully saturated rings. The largest absolute Gasteiger partial charge is 0.397 e. The third-order valence-electron chi connectivity index (χ3n) is 3.67. The molecule has 0 aliphatic rings. The highest BCUT2D eigenvalue weighted by Gasteiger charge is 2.30. The molecule has 0 rings (SSSR count). The van der Waals surface area contributed by atoms with Crippen LogP contribution in [0.5, 0.6) is 0 Å². The lowest BCUT2D eigenvalue weighted by molar-refractivity contribution is -0.0240. The minimum atomic E-state index is -0.562. The Hall–Kier alpha value is -0.160. The average molecular weight is 577 g/mol. The standard InChI is InChI=1S/2C7H16O.3C3H8.2C2H6O.4C2H6/c2*1-6(2,3)7(4,5)8;3*1-3-2;2*1-2-3;4*1-2/h2*8H,1-5H3;3*3H2,1-2H3;2*3H,2H2,1H3;4*1-2H3. The van der Waals surface area contributed by atoms with Crippen molar-refractivity contribution in [2.24, 2.45) is 10.8 Å². The molecular formula is C35H92O4. The molecule has 0 amide bonds. The monoisotopic (exact) mass is 577 g/mol. The predicted octanol–water partition coefficient (Wildman–Crippen LogP) is 12.0. The van der Waals surface area contributed by atoms with E-state index in [0.717, 1.165) is 0 Å². The van der Waals surface area contributed by atoms with Crippen molar-refractivity contribution in [3.05, 3.63) is 0 Å². The zero-order chi connectivity index (χ0) is 35.5. The Balaban J connectivity index is -0.0000000261. The SMILES string of the molecule is CC.CC.CC.CC.CC(C)(C)C(C)(C)O.CC(C)(C)C(C)(C)O.CCC.CCC.CCC.CCO.CCO. The van der Waals surface area contributed by atoms with E-state index < -0.39 is 11.2 Å². The van der Waals surface area contributed by atoms with Crippen LogP contribution in [0, 0.1) is 10.8 Å². The van der Waals surface area contributed by atoms with Crippen molar-refractivity contribution in [2.45, 2.75) is 210 Å². The van der Waals surface area contributed by atoms with Crippen molar-refractivity contribution < 1.29 is 20.4 Å².